The van der Waals surface area contributed by atoms with Crippen molar-refractivity contribution in [3.05, 3.63) is 44.8 Å². The maximum absolute atomic E-state index is 11.8. The molecule has 0 atom stereocenters. The molecule has 1 aliphatic heterocycles. The Morgan fingerprint density at radius 3 is 2.81 bits per heavy atom. The zero-order chi connectivity index (χ0) is 11.3. The quantitative estimate of drug-likeness (QED) is 0.679. The van der Waals surface area contributed by atoms with Crippen LogP contribution in [0.3, 0.4) is 0 Å². The Hall–Kier alpha value is -2.30. The summed E-state index contributed by atoms with van der Waals surface area (Å²) in [5.41, 5.74) is 1.31. The Morgan fingerprint density at radius 1 is 1.19 bits per heavy atom. The largest absolute Gasteiger partial charge is 0.368 e. The molecule has 1 N–H and O–H groups in total. The molecule has 2 amide bonds. The summed E-state index contributed by atoms with van der Waals surface area (Å²) in [6.45, 7) is 1.81. The first kappa shape index (κ1) is 8.96. The minimum absolute atomic E-state index is 0.142. The molecule has 78 valence electrons. The zero-order valence-electron chi connectivity index (χ0n) is 8.44. The fourth-order valence-electron chi connectivity index (χ4n) is 1.88. The molecule has 0 saturated carbocycles. The lowest BCUT2D eigenvalue weighted by Crippen LogP contribution is -2.27. The van der Waals surface area contributed by atoms with Crippen LogP contribution >= 0.6 is 0 Å². The number of hydrogen-bond donors (Lipinski definition) is 1. The lowest BCUT2D eigenvalue weighted by Gasteiger charge is -1.98. The van der Waals surface area contributed by atoms with Gasteiger partial charge in [0.15, 0.2) is 5.43 Å². The molecule has 1 aromatic carbocycles. The van der Waals surface area contributed by atoms with E-state index >= 15 is 0 Å². The van der Waals surface area contributed by atoms with Crippen LogP contribution in [0.5, 0.6) is 0 Å². The summed E-state index contributed by atoms with van der Waals surface area (Å²) < 4.78 is 0. The van der Waals surface area contributed by atoms with Crippen molar-refractivity contribution in [1.29, 1.82) is 0 Å². The molecule has 3 rings (SSSR count). The van der Waals surface area contributed by atoms with Crippen LogP contribution in [0.4, 0.5) is 4.79 Å². The van der Waals surface area contributed by atoms with E-state index < -0.39 is 6.03 Å². The van der Waals surface area contributed by atoms with Crippen LogP contribution in [-0.4, -0.2) is 11.0 Å². The molecule has 16 heavy (non-hydrogen) atoms. The van der Waals surface area contributed by atoms with Crippen LogP contribution < -0.4 is 16.1 Å². The molecule has 0 bridgehead atoms. The van der Waals surface area contributed by atoms with Crippen molar-refractivity contribution in [2.45, 2.75) is 6.92 Å². The van der Waals surface area contributed by atoms with E-state index in [-0.39, 0.29) is 5.43 Å². The van der Waals surface area contributed by atoms with Gasteiger partial charge in [-0.1, -0.05) is 0 Å². The first-order valence-electron chi connectivity index (χ1n) is 4.79. The Labute approximate surface area is 89.2 Å². The van der Waals surface area contributed by atoms with Crippen molar-refractivity contribution < 1.29 is 4.79 Å². The minimum Gasteiger partial charge on any atom is -0.358 e. The minimum atomic E-state index is -0.553. The van der Waals surface area contributed by atoms with Crippen molar-refractivity contribution >= 4 is 16.9 Å². The summed E-state index contributed by atoms with van der Waals surface area (Å²) in [4.78, 5) is 33.4. The molecule has 2 aromatic rings. The molecular formula is C11H7N3O2. The van der Waals surface area contributed by atoms with Crippen molar-refractivity contribution in [3.8, 4) is 0 Å². The summed E-state index contributed by atoms with van der Waals surface area (Å²) >= 11 is 0. The monoisotopic (exact) mass is 213 g/mol. The molecule has 5 heteroatoms. The number of aromatic amines is 1. The third-order valence-corrected chi connectivity index (χ3v) is 2.51. The fraction of sp³-hybridized carbons (Fsp3) is 0.0909. The molecule has 0 fully saturated rings. The van der Waals surface area contributed by atoms with E-state index in [2.05, 4.69) is 15.0 Å². The van der Waals surface area contributed by atoms with Crippen molar-refractivity contribution in [3.63, 3.8) is 0 Å². The lowest BCUT2D eigenvalue weighted by molar-refractivity contribution is 0.257. The van der Waals surface area contributed by atoms with Gasteiger partial charge in [0.25, 0.3) is 0 Å². The summed E-state index contributed by atoms with van der Waals surface area (Å²) in [5.74, 6) is 0. The molecular weight excluding hydrogens is 206 g/mol. The van der Waals surface area contributed by atoms with E-state index in [0.29, 0.717) is 21.6 Å². The number of benzene rings is 1. The van der Waals surface area contributed by atoms with Gasteiger partial charge < -0.3 is 4.98 Å². The van der Waals surface area contributed by atoms with Gasteiger partial charge in [0.2, 0.25) is 0 Å². The Morgan fingerprint density at radius 2 is 2.00 bits per heavy atom. The van der Waals surface area contributed by atoms with Gasteiger partial charge in [-0.2, -0.15) is 9.98 Å². The molecule has 1 aliphatic rings. The molecule has 0 aliphatic carbocycles. The van der Waals surface area contributed by atoms with Crippen LogP contribution in [0.15, 0.2) is 33.0 Å². The van der Waals surface area contributed by atoms with Gasteiger partial charge in [0.05, 0.1) is 16.3 Å². The number of aromatic nitrogens is 1. The van der Waals surface area contributed by atoms with E-state index in [1.165, 1.54) is 6.07 Å². The molecule has 0 radical (unpaired) electrons. The maximum atomic E-state index is 11.8. The number of rotatable bonds is 0. The zero-order valence-corrected chi connectivity index (χ0v) is 8.44. The predicted octanol–water partition coefficient (Wildman–Crippen LogP) is 0.209. The molecule has 1 aromatic heterocycles. The summed E-state index contributed by atoms with van der Waals surface area (Å²) in [5, 5.41) is 1.27. The Balaban J connectivity index is 2.69. The summed E-state index contributed by atoms with van der Waals surface area (Å²) in [6, 6.07) is 4.35. The Bertz CT molecular complexity index is 802. The summed E-state index contributed by atoms with van der Waals surface area (Å²) in [7, 11) is 0. The van der Waals surface area contributed by atoms with Gasteiger partial charge >= 0.3 is 6.03 Å². The number of H-pyrrole nitrogens is 1. The van der Waals surface area contributed by atoms with Crippen LogP contribution in [0.2, 0.25) is 0 Å². The Kier molecular flexibility index (Phi) is 1.60. The topological polar surface area (TPSA) is 74.7 Å². The predicted molar refractivity (Wildman–Crippen MR) is 57.0 cm³/mol. The number of hydrogen-bond acceptors (Lipinski definition) is 2. The third kappa shape index (κ3) is 1.11. The third-order valence-electron chi connectivity index (χ3n) is 2.51. The highest BCUT2D eigenvalue weighted by molar-refractivity contribution is 5.84. The number of fused-ring (bicyclic) bond motifs is 3. The van der Waals surface area contributed by atoms with Gasteiger partial charge in [-0.25, -0.2) is 4.79 Å². The normalized spacial score (nSPS) is 13.4. The average Bonchev–Trinajstić information content (AvgIpc) is 2.56. The van der Waals surface area contributed by atoms with E-state index in [4.69, 9.17) is 0 Å². The molecule has 0 unspecified atom stereocenters. The second-order valence-electron chi connectivity index (χ2n) is 3.68. The van der Waals surface area contributed by atoms with Crippen LogP contribution in [0.25, 0.3) is 10.9 Å². The van der Waals surface area contributed by atoms with E-state index in [1.807, 2.05) is 0 Å². The van der Waals surface area contributed by atoms with Crippen molar-refractivity contribution in [2.24, 2.45) is 9.98 Å². The van der Waals surface area contributed by atoms with E-state index in [1.54, 1.807) is 19.1 Å². The number of urea groups is 1. The number of nitrogens with one attached hydrogen (secondary N) is 1. The second kappa shape index (κ2) is 2.85. The molecule has 5 nitrogen and oxygen atoms in total. The smallest absolute Gasteiger partial charge is 0.358 e. The lowest BCUT2D eigenvalue weighted by atomic mass is 10.2. The van der Waals surface area contributed by atoms with Crippen LogP contribution in [-0.2, 0) is 0 Å². The van der Waals surface area contributed by atoms with Crippen LogP contribution in [0.1, 0.15) is 5.69 Å². The van der Waals surface area contributed by atoms with Crippen LogP contribution in [0, 0.1) is 6.92 Å². The molecule has 2 heterocycles. The second-order valence-corrected chi connectivity index (χ2v) is 3.68. The SMILES string of the molecule is Cc1cc(=O)c2c3c(ccc2[nH]1)=NC(=O)N=3. The van der Waals surface area contributed by atoms with Gasteiger partial charge in [-0.3, -0.25) is 4.79 Å². The van der Waals surface area contributed by atoms with Crippen molar-refractivity contribution in [1.82, 2.24) is 4.98 Å². The summed E-state index contributed by atoms with van der Waals surface area (Å²) in [6.07, 6.45) is 0. The van der Waals surface area contributed by atoms with Crippen molar-refractivity contribution in [2.75, 3.05) is 0 Å². The highest BCUT2D eigenvalue weighted by Crippen LogP contribution is 2.02. The number of carbonyl (C=O) groups is 1. The fourth-order valence-corrected chi connectivity index (χ4v) is 1.88. The highest BCUT2D eigenvalue weighted by atomic mass is 16.2. The van der Waals surface area contributed by atoms with Gasteiger partial charge in [-0.05, 0) is 19.1 Å². The average molecular weight is 213 g/mol. The highest BCUT2D eigenvalue weighted by Gasteiger charge is 2.10. The molecule has 0 saturated heterocycles. The number of aryl methyl sites for hydroxylation is 1. The first-order valence-corrected chi connectivity index (χ1v) is 4.79. The van der Waals surface area contributed by atoms with E-state index in [9.17, 15) is 9.59 Å². The van der Waals surface area contributed by atoms with Gasteiger partial charge in [0, 0.05) is 11.8 Å². The van der Waals surface area contributed by atoms with Gasteiger partial charge in [0.1, 0.15) is 5.36 Å². The maximum Gasteiger partial charge on any atom is 0.368 e. The van der Waals surface area contributed by atoms with E-state index in [0.717, 1.165) is 5.69 Å². The number of carbonyl (C=O) groups excluding carboxylic acids is 1. The van der Waals surface area contributed by atoms with Gasteiger partial charge in [-0.15, -0.1) is 0 Å². The molecule has 0 spiro atoms. The standard InChI is InChI=1S/C11H7N3O2/c1-5-4-8(15)9-6(12-5)2-3-7-10(9)14-11(16)13-7/h2-4H,1H3,(H,12,15). The first-order chi connectivity index (χ1) is 7.65. The number of pyridine rings is 1. The number of amides is 2. The number of nitrogens with zero attached hydrogens (tertiary/aromatic N) is 2.